The van der Waals surface area contributed by atoms with E-state index in [1.807, 2.05) is 43.3 Å². The van der Waals surface area contributed by atoms with Gasteiger partial charge in [-0.15, -0.1) is 0 Å². The number of esters is 1. The first-order chi connectivity index (χ1) is 13.5. The minimum Gasteiger partial charge on any atom is -0.545 e. The Hall–Kier alpha value is -2.79. The SMILES string of the molecule is C=C(C)C(=O)[O-].C=C(C)C(=O)[O-].C=CC(=O)OCCCC.C=Cc1ccccc1.[Zn+2]. The summed E-state index contributed by atoms with van der Waals surface area (Å²) >= 11 is 0. The van der Waals surface area contributed by atoms with Crippen molar-refractivity contribution in [1.29, 1.82) is 0 Å². The summed E-state index contributed by atoms with van der Waals surface area (Å²) in [5.41, 5.74) is 1.30. The van der Waals surface area contributed by atoms with Crippen molar-refractivity contribution in [3.63, 3.8) is 0 Å². The number of ether oxygens (including phenoxy) is 1. The Kier molecular flexibility index (Phi) is 28.1. The van der Waals surface area contributed by atoms with Crippen molar-refractivity contribution in [3.05, 3.63) is 79.4 Å². The third-order valence-electron chi connectivity index (χ3n) is 2.64. The van der Waals surface area contributed by atoms with Gasteiger partial charge in [0, 0.05) is 6.08 Å². The van der Waals surface area contributed by atoms with Gasteiger partial charge in [-0.25, -0.2) is 4.79 Å². The van der Waals surface area contributed by atoms with Crippen LogP contribution in [-0.2, 0) is 38.6 Å². The summed E-state index contributed by atoms with van der Waals surface area (Å²) in [7, 11) is 0. The molecule has 0 N–H and O–H groups in total. The first kappa shape index (κ1) is 34.7. The zero-order chi connectivity index (χ0) is 23.2. The molecule has 0 aliphatic carbocycles. The third-order valence-corrected chi connectivity index (χ3v) is 2.64. The van der Waals surface area contributed by atoms with Gasteiger partial charge in [0.2, 0.25) is 0 Å². The Morgan fingerprint density at radius 2 is 1.37 bits per heavy atom. The molecule has 1 aromatic carbocycles. The molecule has 0 atom stereocenters. The summed E-state index contributed by atoms with van der Waals surface area (Å²) in [5.74, 6) is -2.70. The van der Waals surface area contributed by atoms with E-state index in [1.54, 1.807) is 0 Å². The van der Waals surface area contributed by atoms with Crippen LogP contribution >= 0.6 is 0 Å². The van der Waals surface area contributed by atoms with Gasteiger partial charge in [-0.05, 0) is 37.0 Å². The van der Waals surface area contributed by atoms with E-state index in [0.717, 1.165) is 12.8 Å². The second kappa shape index (κ2) is 24.3. The number of rotatable bonds is 7. The maximum atomic E-state index is 10.3. The van der Waals surface area contributed by atoms with Gasteiger partial charge >= 0.3 is 25.4 Å². The van der Waals surface area contributed by atoms with Crippen LogP contribution < -0.4 is 10.2 Å². The van der Waals surface area contributed by atoms with Gasteiger partial charge in [0.05, 0.1) is 18.5 Å². The van der Waals surface area contributed by atoms with Crippen LogP contribution in [0.3, 0.4) is 0 Å². The van der Waals surface area contributed by atoms with Gasteiger partial charge < -0.3 is 24.5 Å². The summed E-state index contributed by atoms with van der Waals surface area (Å²) in [6.07, 6.45) is 4.99. The molecule has 7 heteroatoms. The number of carbonyl (C=O) groups is 3. The van der Waals surface area contributed by atoms with Gasteiger partial charge in [0.1, 0.15) is 0 Å². The molecule has 30 heavy (non-hydrogen) atoms. The fraction of sp³-hybridized carbons (Fsp3) is 0.261. The van der Waals surface area contributed by atoms with Crippen molar-refractivity contribution in [2.45, 2.75) is 33.6 Å². The maximum absolute atomic E-state index is 10.3. The number of carboxylic acid groups (broad SMARTS) is 2. The van der Waals surface area contributed by atoms with Crippen molar-refractivity contribution in [1.82, 2.24) is 0 Å². The Labute approximate surface area is 192 Å². The number of hydrogen-bond acceptors (Lipinski definition) is 6. The van der Waals surface area contributed by atoms with E-state index in [0.29, 0.717) is 6.61 Å². The smallest absolute Gasteiger partial charge is 0.545 e. The molecular weight excluding hydrogens is 438 g/mol. The van der Waals surface area contributed by atoms with Gasteiger partial charge in [-0.3, -0.25) is 0 Å². The van der Waals surface area contributed by atoms with Crippen molar-refractivity contribution in [3.8, 4) is 0 Å². The molecule has 0 spiro atoms. The average Bonchev–Trinajstić information content (AvgIpc) is 2.70. The Balaban J connectivity index is -0.000000151. The van der Waals surface area contributed by atoms with Crippen molar-refractivity contribution < 1.29 is 48.8 Å². The molecule has 0 amide bonds. The molecule has 0 heterocycles. The second-order valence-electron chi connectivity index (χ2n) is 5.48. The van der Waals surface area contributed by atoms with E-state index in [4.69, 9.17) is 0 Å². The number of hydrogen-bond donors (Lipinski definition) is 0. The summed E-state index contributed by atoms with van der Waals surface area (Å²) in [5, 5.41) is 19.0. The van der Waals surface area contributed by atoms with Crippen LogP contribution in [0.4, 0.5) is 0 Å². The third kappa shape index (κ3) is 30.0. The molecule has 0 aromatic heterocycles. The quantitative estimate of drug-likeness (QED) is 0.264. The van der Waals surface area contributed by atoms with Crippen LogP contribution in [0, 0.1) is 0 Å². The molecule has 0 unspecified atom stereocenters. The monoisotopic (exact) mass is 466 g/mol. The Bertz CT molecular complexity index is 618. The van der Waals surface area contributed by atoms with Crippen LogP contribution in [0.5, 0.6) is 0 Å². The number of carboxylic acids is 2. The first-order valence-corrected chi connectivity index (χ1v) is 8.73. The average molecular weight is 468 g/mol. The molecule has 0 radical (unpaired) electrons. The van der Waals surface area contributed by atoms with Gasteiger partial charge in [-0.1, -0.05) is 76.1 Å². The van der Waals surface area contributed by atoms with Crippen molar-refractivity contribution in [2.75, 3.05) is 6.61 Å². The molecule has 0 aliphatic rings. The van der Waals surface area contributed by atoms with Crippen LogP contribution in [0.15, 0.2) is 73.9 Å². The predicted molar refractivity (Wildman–Crippen MR) is 112 cm³/mol. The fourth-order valence-corrected chi connectivity index (χ4v) is 0.965. The molecular formula is C23H30O6Zn. The zero-order valence-corrected chi connectivity index (χ0v) is 21.1. The molecule has 0 saturated carbocycles. The van der Waals surface area contributed by atoms with E-state index >= 15 is 0 Å². The normalized spacial score (nSPS) is 7.83. The molecule has 1 rings (SSSR count). The largest absolute Gasteiger partial charge is 2.00 e. The summed E-state index contributed by atoms with van der Waals surface area (Å²) in [6, 6.07) is 10.0. The molecule has 0 fully saturated rings. The summed E-state index contributed by atoms with van der Waals surface area (Å²) < 4.78 is 4.67. The first-order valence-electron chi connectivity index (χ1n) is 8.73. The van der Waals surface area contributed by atoms with Crippen LogP contribution in [-0.4, -0.2) is 24.5 Å². The summed E-state index contributed by atoms with van der Waals surface area (Å²) in [6.45, 7) is 18.4. The Morgan fingerprint density at radius 1 is 0.967 bits per heavy atom. The topological polar surface area (TPSA) is 107 Å². The number of aliphatic carboxylic acids is 2. The predicted octanol–water partition coefficient (Wildman–Crippen LogP) is 2.47. The van der Waals surface area contributed by atoms with E-state index in [1.165, 1.54) is 25.5 Å². The molecule has 0 saturated heterocycles. The molecule has 0 aliphatic heterocycles. The number of benzene rings is 1. The second-order valence-corrected chi connectivity index (χ2v) is 5.48. The Morgan fingerprint density at radius 3 is 1.60 bits per heavy atom. The van der Waals surface area contributed by atoms with Gasteiger partial charge in [0.25, 0.3) is 0 Å². The van der Waals surface area contributed by atoms with Crippen molar-refractivity contribution >= 4 is 24.0 Å². The van der Waals surface area contributed by atoms with E-state index in [2.05, 4.69) is 31.1 Å². The zero-order valence-electron chi connectivity index (χ0n) is 18.1. The van der Waals surface area contributed by atoms with Crippen LogP contribution in [0.25, 0.3) is 6.08 Å². The van der Waals surface area contributed by atoms with Gasteiger partial charge in [-0.2, -0.15) is 0 Å². The van der Waals surface area contributed by atoms with Crippen LogP contribution in [0.1, 0.15) is 39.2 Å². The molecule has 160 valence electrons. The standard InChI is InChI=1S/C8H8.C7H12O2.2C4H6O2.Zn/c1-2-8-6-4-3-5-7-8;1-3-5-6-9-7(8)4-2;2*1-3(2)4(5)6;/h2-7H,1H2;4H,2-3,5-6H2,1H3;2*1H2,2H3,(H,5,6);/q;;;;+2/p-2. The molecule has 0 bridgehead atoms. The van der Waals surface area contributed by atoms with Crippen LogP contribution in [0.2, 0.25) is 0 Å². The van der Waals surface area contributed by atoms with Gasteiger partial charge in [0.15, 0.2) is 0 Å². The van der Waals surface area contributed by atoms with Crippen molar-refractivity contribution in [2.24, 2.45) is 0 Å². The number of carbonyl (C=O) groups excluding carboxylic acids is 3. The molecule has 6 nitrogen and oxygen atoms in total. The van der Waals surface area contributed by atoms with E-state index in [9.17, 15) is 24.6 Å². The van der Waals surface area contributed by atoms with E-state index < -0.39 is 11.9 Å². The number of unbranched alkanes of at least 4 members (excludes halogenated alkanes) is 1. The molecule has 1 aromatic rings. The minimum atomic E-state index is -1.19. The maximum Gasteiger partial charge on any atom is 2.00 e. The fourth-order valence-electron chi connectivity index (χ4n) is 0.965. The minimum absolute atomic E-state index is 0. The van der Waals surface area contributed by atoms with E-state index in [-0.39, 0.29) is 36.6 Å². The summed E-state index contributed by atoms with van der Waals surface area (Å²) in [4.78, 5) is 29.3.